The lowest BCUT2D eigenvalue weighted by molar-refractivity contribution is 1.18. The molecule has 1 heterocycles. The largest absolute Gasteiger partial charge is 0.399 e. The maximum absolute atomic E-state index is 5.50. The summed E-state index contributed by atoms with van der Waals surface area (Å²) >= 11 is 0. The van der Waals surface area contributed by atoms with Gasteiger partial charge in [0.2, 0.25) is 0 Å². The molecule has 0 amide bonds. The summed E-state index contributed by atoms with van der Waals surface area (Å²) in [4.78, 5) is 4.04. The van der Waals surface area contributed by atoms with Crippen molar-refractivity contribution in [2.45, 2.75) is 6.92 Å². The van der Waals surface area contributed by atoms with Crippen LogP contribution in [-0.4, -0.2) is 4.98 Å². The van der Waals surface area contributed by atoms with Crippen LogP contribution in [0.5, 0.6) is 0 Å². The normalized spacial score (nSPS) is 8.80. The SMILES string of the molecule is C#Cc1cc(N)cc(C)n1. The van der Waals surface area contributed by atoms with Crippen LogP contribution in [0.2, 0.25) is 0 Å². The number of hydrogen-bond donors (Lipinski definition) is 1. The van der Waals surface area contributed by atoms with E-state index in [0.29, 0.717) is 11.4 Å². The summed E-state index contributed by atoms with van der Waals surface area (Å²) in [5.74, 6) is 2.42. The number of nitrogens with zero attached hydrogens (tertiary/aromatic N) is 1. The molecule has 0 aromatic carbocycles. The van der Waals surface area contributed by atoms with Crippen LogP contribution in [0.15, 0.2) is 12.1 Å². The van der Waals surface area contributed by atoms with Crippen molar-refractivity contribution in [2.75, 3.05) is 5.73 Å². The van der Waals surface area contributed by atoms with Crippen LogP contribution in [0.1, 0.15) is 11.4 Å². The number of hydrogen-bond acceptors (Lipinski definition) is 2. The molecule has 0 saturated carbocycles. The summed E-state index contributed by atoms with van der Waals surface area (Å²) in [6, 6.07) is 3.45. The molecule has 1 aromatic heterocycles. The van der Waals surface area contributed by atoms with Gasteiger partial charge >= 0.3 is 0 Å². The molecule has 0 unspecified atom stereocenters. The zero-order valence-electron chi connectivity index (χ0n) is 5.76. The fraction of sp³-hybridized carbons (Fsp3) is 0.125. The van der Waals surface area contributed by atoms with Gasteiger partial charge in [-0.3, -0.25) is 0 Å². The van der Waals surface area contributed by atoms with Crippen LogP contribution in [0, 0.1) is 19.3 Å². The topological polar surface area (TPSA) is 38.9 Å². The zero-order chi connectivity index (χ0) is 7.56. The van der Waals surface area contributed by atoms with Crippen molar-refractivity contribution in [1.29, 1.82) is 0 Å². The number of terminal acetylenes is 1. The van der Waals surface area contributed by atoms with Crippen molar-refractivity contribution >= 4 is 5.69 Å². The second-order valence-corrected chi connectivity index (χ2v) is 2.07. The van der Waals surface area contributed by atoms with Gasteiger partial charge in [0.25, 0.3) is 0 Å². The number of aryl methyl sites for hydroxylation is 1. The molecule has 0 aliphatic heterocycles. The minimum atomic E-state index is 0.595. The number of aromatic nitrogens is 1. The van der Waals surface area contributed by atoms with Crippen LogP contribution >= 0.6 is 0 Å². The Hall–Kier alpha value is -1.49. The van der Waals surface area contributed by atoms with Crippen molar-refractivity contribution < 1.29 is 0 Å². The van der Waals surface area contributed by atoms with E-state index >= 15 is 0 Å². The Morgan fingerprint density at radius 1 is 1.60 bits per heavy atom. The standard InChI is InChI=1S/C8H8N2/c1-3-8-5-7(9)4-6(2)10-8/h1,4-5H,2H3,(H2,9,10). The van der Waals surface area contributed by atoms with Crippen LogP contribution in [0.3, 0.4) is 0 Å². The molecule has 2 heteroatoms. The maximum Gasteiger partial charge on any atom is 0.115 e. The van der Waals surface area contributed by atoms with Crippen molar-refractivity contribution in [2.24, 2.45) is 0 Å². The highest BCUT2D eigenvalue weighted by molar-refractivity contribution is 5.44. The van der Waals surface area contributed by atoms with Gasteiger partial charge in [0.1, 0.15) is 5.69 Å². The van der Waals surface area contributed by atoms with E-state index in [-0.39, 0.29) is 0 Å². The highest BCUT2D eigenvalue weighted by Gasteiger charge is 1.91. The fourth-order valence-electron chi connectivity index (χ4n) is 0.769. The van der Waals surface area contributed by atoms with E-state index in [1.165, 1.54) is 0 Å². The Kier molecular flexibility index (Phi) is 1.59. The molecule has 50 valence electrons. The summed E-state index contributed by atoms with van der Waals surface area (Å²) in [5, 5.41) is 0. The summed E-state index contributed by atoms with van der Waals surface area (Å²) < 4.78 is 0. The summed E-state index contributed by atoms with van der Waals surface area (Å²) in [5.41, 5.74) is 7.62. The molecule has 0 saturated heterocycles. The first-order chi connectivity index (χ1) is 4.72. The number of rotatable bonds is 0. The average molecular weight is 132 g/mol. The Morgan fingerprint density at radius 3 is 2.80 bits per heavy atom. The molecular weight excluding hydrogens is 124 g/mol. The average Bonchev–Trinajstić information content (AvgIpc) is 1.85. The third-order valence-electron chi connectivity index (χ3n) is 1.12. The third kappa shape index (κ3) is 1.26. The van der Waals surface area contributed by atoms with E-state index in [0.717, 1.165) is 5.69 Å². The Morgan fingerprint density at radius 2 is 2.30 bits per heavy atom. The first-order valence-corrected chi connectivity index (χ1v) is 2.93. The summed E-state index contributed by atoms with van der Waals surface area (Å²) in [6.07, 6.45) is 5.12. The van der Waals surface area contributed by atoms with Gasteiger partial charge in [0.15, 0.2) is 0 Å². The lowest BCUT2D eigenvalue weighted by Crippen LogP contribution is -1.91. The molecule has 0 spiro atoms. The van der Waals surface area contributed by atoms with E-state index < -0.39 is 0 Å². The van der Waals surface area contributed by atoms with Gasteiger partial charge in [0.05, 0.1) is 0 Å². The number of nitrogen functional groups attached to an aromatic ring is 1. The van der Waals surface area contributed by atoms with E-state index in [1.54, 1.807) is 12.1 Å². The van der Waals surface area contributed by atoms with E-state index in [1.807, 2.05) is 6.92 Å². The molecule has 0 fully saturated rings. The third-order valence-corrected chi connectivity index (χ3v) is 1.12. The zero-order valence-corrected chi connectivity index (χ0v) is 5.76. The predicted molar refractivity (Wildman–Crippen MR) is 41.3 cm³/mol. The van der Waals surface area contributed by atoms with Crippen molar-refractivity contribution in [1.82, 2.24) is 4.98 Å². The molecule has 0 radical (unpaired) electrons. The first kappa shape index (κ1) is 6.63. The van der Waals surface area contributed by atoms with Crippen molar-refractivity contribution in [3.63, 3.8) is 0 Å². The van der Waals surface area contributed by atoms with Crippen LogP contribution in [0.4, 0.5) is 5.69 Å². The maximum atomic E-state index is 5.50. The highest BCUT2D eigenvalue weighted by Crippen LogP contribution is 2.04. The van der Waals surface area contributed by atoms with Crippen molar-refractivity contribution in [3.8, 4) is 12.3 Å². The Balaban J connectivity index is 3.22. The van der Waals surface area contributed by atoms with Gasteiger partial charge < -0.3 is 5.73 Å². The van der Waals surface area contributed by atoms with Gasteiger partial charge in [-0.1, -0.05) is 5.92 Å². The number of anilines is 1. The molecule has 1 rings (SSSR count). The quantitative estimate of drug-likeness (QED) is 0.534. The Labute approximate surface area is 60.1 Å². The lowest BCUT2D eigenvalue weighted by Gasteiger charge is -1.95. The molecule has 0 atom stereocenters. The van der Waals surface area contributed by atoms with E-state index in [9.17, 15) is 0 Å². The Bertz CT molecular complexity index is 264. The highest BCUT2D eigenvalue weighted by atomic mass is 14.7. The van der Waals surface area contributed by atoms with Crippen molar-refractivity contribution in [3.05, 3.63) is 23.5 Å². The summed E-state index contributed by atoms with van der Waals surface area (Å²) in [6.45, 7) is 1.86. The lowest BCUT2D eigenvalue weighted by atomic mass is 10.3. The fourth-order valence-corrected chi connectivity index (χ4v) is 0.769. The van der Waals surface area contributed by atoms with E-state index in [4.69, 9.17) is 12.2 Å². The number of nitrogens with two attached hydrogens (primary N) is 1. The van der Waals surface area contributed by atoms with Crippen LogP contribution in [-0.2, 0) is 0 Å². The van der Waals surface area contributed by atoms with Crippen LogP contribution in [0.25, 0.3) is 0 Å². The molecule has 0 bridgehead atoms. The molecule has 0 aliphatic rings. The molecule has 2 nitrogen and oxygen atoms in total. The van der Waals surface area contributed by atoms with Gasteiger partial charge in [-0.25, -0.2) is 4.98 Å². The predicted octanol–water partition coefficient (Wildman–Crippen LogP) is 0.954. The number of pyridine rings is 1. The van der Waals surface area contributed by atoms with Gasteiger partial charge in [0, 0.05) is 11.4 Å². The summed E-state index contributed by atoms with van der Waals surface area (Å²) in [7, 11) is 0. The molecule has 0 aliphatic carbocycles. The van der Waals surface area contributed by atoms with Gasteiger partial charge in [-0.05, 0) is 19.1 Å². The molecule has 2 N–H and O–H groups in total. The second kappa shape index (κ2) is 2.40. The van der Waals surface area contributed by atoms with E-state index in [2.05, 4.69) is 10.9 Å². The first-order valence-electron chi connectivity index (χ1n) is 2.93. The van der Waals surface area contributed by atoms with Gasteiger partial charge in [-0.15, -0.1) is 6.42 Å². The monoisotopic (exact) mass is 132 g/mol. The van der Waals surface area contributed by atoms with Crippen LogP contribution < -0.4 is 5.73 Å². The molecule has 1 aromatic rings. The molecule has 10 heavy (non-hydrogen) atoms. The van der Waals surface area contributed by atoms with Gasteiger partial charge in [-0.2, -0.15) is 0 Å². The minimum absolute atomic E-state index is 0.595. The second-order valence-electron chi connectivity index (χ2n) is 2.07. The molecular formula is C8H8N2. The minimum Gasteiger partial charge on any atom is -0.399 e. The smallest absolute Gasteiger partial charge is 0.115 e.